The number of nitrogens with one attached hydrogen (secondary N) is 1. The summed E-state index contributed by atoms with van der Waals surface area (Å²) in [5.74, 6) is 0.651. The third kappa shape index (κ3) is 2.96. The zero-order chi connectivity index (χ0) is 13.9. The molecule has 20 heavy (non-hydrogen) atoms. The Morgan fingerprint density at radius 2 is 2.20 bits per heavy atom. The van der Waals surface area contributed by atoms with Crippen LogP contribution in [0.3, 0.4) is 0 Å². The third-order valence-corrected chi connectivity index (χ3v) is 5.07. The first kappa shape index (κ1) is 13.8. The summed E-state index contributed by atoms with van der Waals surface area (Å²) in [6.07, 6.45) is 3.40. The summed E-state index contributed by atoms with van der Waals surface area (Å²) < 4.78 is 0. The maximum Gasteiger partial charge on any atom is 0.326 e. The predicted octanol–water partition coefficient (Wildman–Crippen LogP) is 2.08. The average molecular weight is 294 g/mol. The lowest BCUT2D eigenvalue weighted by molar-refractivity contribution is 0.176. The van der Waals surface area contributed by atoms with Crippen molar-refractivity contribution in [2.45, 2.75) is 26.2 Å². The van der Waals surface area contributed by atoms with E-state index in [0.29, 0.717) is 5.92 Å². The second-order valence-electron chi connectivity index (χ2n) is 5.70. The SMILES string of the molecule is Cc1csc(N2CCCN(CC3CCNCC3)C2=O)n1. The molecule has 3 heterocycles. The Balaban J connectivity index is 1.65. The molecule has 0 atom stereocenters. The molecule has 1 aromatic rings. The fraction of sp³-hybridized carbons (Fsp3) is 0.714. The van der Waals surface area contributed by atoms with Crippen LogP contribution in [0.5, 0.6) is 0 Å². The minimum absolute atomic E-state index is 0.143. The number of urea groups is 1. The molecule has 2 fully saturated rings. The standard InChI is InChI=1S/C14H22N4OS/c1-11-10-20-13(16-11)18-8-2-7-17(14(18)19)9-12-3-5-15-6-4-12/h10,12,15H,2-9H2,1H3. The number of rotatable bonds is 3. The molecular formula is C14H22N4OS. The number of aromatic nitrogens is 1. The monoisotopic (exact) mass is 294 g/mol. The summed E-state index contributed by atoms with van der Waals surface area (Å²) in [7, 11) is 0. The quantitative estimate of drug-likeness (QED) is 0.928. The van der Waals surface area contributed by atoms with Gasteiger partial charge in [-0.1, -0.05) is 0 Å². The van der Waals surface area contributed by atoms with Crippen molar-refractivity contribution in [3.8, 4) is 0 Å². The van der Waals surface area contributed by atoms with Crippen LogP contribution in [0.2, 0.25) is 0 Å². The van der Waals surface area contributed by atoms with Crippen molar-refractivity contribution < 1.29 is 4.79 Å². The van der Waals surface area contributed by atoms with E-state index in [-0.39, 0.29) is 6.03 Å². The first-order valence-corrected chi connectivity index (χ1v) is 8.31. The molecule has 0 bridgehead atoms. The normalized spacial score (nSPS) is 21.6. The van der Waals surface area contributed by atoms with Crippen LogP contribution < -0.4 is 10.2 Å². The van der Waals surface area contributed by atoms with E-state index in [1.807, 2.05) is 22.1 Å². The van der Waals surface area contributed by atoms with Gasteiger partial charge in [0.15, 0.2) is 5.13 Å². The molecule has 2 amide bonds. The zero-order valence-electron chi connectivity index (χ0n) is 12.0. The maximum atomic E-state index is 12.6. The number of amides is 2. The molecule has 1 aromatic heterocycles. The van der Waals surface area contributed by atoms with E-state index in [0.717, 1.165) is 50.0 Å². The van der Waals surface area contributed by atoms with E-state index in [9.17, 15) is 4.79 Å². The lowest BCUT2D eigenvalue weighted by Crippen LogP contribution is -2.51. The number of hydrogen-bond donors (Lipinski definition) is 1. The van der Waals surface area contributed by atoms with Crippen LogP contribution in [0.15, 0.2) is 5.38 Å². The molecule has 110 valence electrons. The molecule has 2 aliphatic heterocycles. The van der Waals surface area contributed by atoms with Crippen LogP contribution in [-0.2, 0) is 0 Å². The van der Waals surface area contributed by atoms with E-state index in [4.69, 9.17) is 0 Å². The Bertz CT molecular complexity index is 469. The number of aryl methyl sites for hydroxylation is 1. The van der Waals surface area contributed by atoms with Gasteiger partial charge in [-0.05, 0) is 45.2 Å². The molecule has 0 aromatic carbocycles. The molecule has 0 spiro atoms. The second-order valence-corrected chi connectivity index (χ2v) is 6.54. The topological polar surface area (TPSA) is 48.5 Å². The van der Waals surface area contributed by atoms with Crippen LogP contribution >= 0.6 is 11.3 Å². The molecule has 2 saturated heterocycles. The summed E-state index contributed by atoms with van der Waals surface area (Å²) in [5.41, 5.74) is 0.994. The van der Waals surface area contributed by atoms with Gasteiger partial charge < -0.3 is 10.2 Å². The van der Waals surface area contributed by atoms with E-state index in [2.05, 4.69) is 10.3 Å². The lowest BCUT2D eigenvalue weighted by atomic mass is 9.97. The van der Waals surface area contributed by atoms with Crippen molar-refractivity contribution in [3.63, 3.8) is 0 Å². The molecular weight excluding hydrogens is 272 g/mol. The highest BCUT2D eigenvalue weighted by Crippen LogP contribution is 2.25. The zero-order valence-corrected chi connectivity index (χ0v) is 12.8. The Morgan fingerprint density at radius 1 is 1.40 bits per heavy atom. The number of carbonyl (C=O) groups excluding carboxylic acids is 1. The van der Waals surface area contributed by atoms with E-state index < -0.39 is 0 Å². The molecule has 6 heteroatoms. The smallest absolute Gasteiger partial charge is 0.324 e. The number of thiazole rings is 1. The van der Waals surface area contributed by atoms with Gasteiger partial charge in [0.1, 0.15) is 0 Å². The molecule has 2 aliphatic rings. The summed E-state index contributed by atoms with van der Waals surface area (Å²) >= 11 is 1.57. The highest BCUT2D eigenvalue weighted by Gasteiger charge is 2.30. The van der Waals surface area contributed by atoms with Gasteiger partial charge in [-0.2, -0.15) is 0 Å². The predicted molar refractivity (Wildman–Crippen MR) is 81.4 cm³/mol. The minimum Gasteiger partial charge on any atom is -0.324 e. The maximum absolute atomic E-state index is 12.6. The summed E-state index contributed by atoms with van der Waals surface area (Å²) in [5, 5.41) is 6.24. The van der Waals surface area contributed by atoms with Crippen LogP contribution in [0.4, 0.5) is 9.93 Å². The fourth-order valence-corrected chi connectivity index (χ4v) is 3.79. The van der Waals surface area contributed by atoms with Gasteiger partial charge in [0.05, 0.1) is 5.69 Å². The summed E-state index contributed by atoms with van der Waals surface area (Å²) in [6.45, 7) is 6.74. The average Bonchev–Trinajstić information content (AvgIpc) is 2.89. The van der Waals surface area contributed by atoms with Gasteiger partial charge in [-0.3, -0.25) is 4.90 Å². The van der Waals surface area contributed by atoms with Crippen LogP contribution in [0, 0.1) is 12.8 Å². The fourth-order valence-electron chi connectivity index (χ4n) is 2.97. The number of nitrogens with zero attached hydrogens (tertiary/aromatic N) is 3. The van der Waals surface area contributed by atoms with Crippen molar-refractivity contribution in [3.05, 3.63) is 11.1 Å². The van der Waals surface area contributed by atoms with Crippen molar-refractivity contribution in [2.24, 2.45) is 5.92 Å². The summed E-state index contributed by atoms with van der Waals surface area (Å²) in [4.78, 5) is 20.9. The Hall–Kier alpha value is -1.14. The molecule has 0 unspecified atom stereocenters. The van der Waals surface area contributed by atoms with Gasteiger partial charge in [0.2, 0.25) is 0 Å². The largest absolute Gasteiger partial charge is 0.326 e. The highest BCUT2D eigenvalue weighted by atomic mass is 32.1. The van der Waals surface area contributed by atoms with E-state index in [1.165, 1.54) is 12.8 Å². The second kappa shape index (κ2) is 6.10. The molecule has 0 radical (unpaired) electrons. The third-order valence-electron chi connectivity index (χ3n) is 4.09. The van der Waals surface area contributed by atoms with Crippen molar-refractivity contribution in [1.29, 1.82) is 0 Å². The van der Waals surface area contributed by atoms with Crippen LogP contribution in [0.1, 0.15) is 25.0 Å². The number of hydrogen-bond acceptors (Lipinski definition) is 4. The van der Waals surface area contributed by atoms with Gasteiger partial charge in [0, 0.05) is 25.0 Å². The first-order valence-electron chi connectivity index (χ1n) is 7.43. The molecule has 3 rings (SSSR count). The van der Waals surface area contributed by atoms with E-state index >= 15 is 0 Å². The van der Waals surface area contributed by atoms with Crippen LogP contribution in [0.25, 0.3) is 0 Å². The van der Waals surface area contributed by atoms with Gasteiger partial charge >= 0.3 is 6.03 Å². The number of anilines is 1. The van der Waals surface area contributed by atoms with E-state index in [1.54, 1.807) is 11.3 Å². The van der Waals surface area contributed by atoms with Crippen LogP contribution in [-0.4, -0.2) is 48.6 Å². The molecule has 0 aliphatic carbocycles. The molecule has 1 N–H and O–H groups in total. The summed E-state index contributed by atoms with van der Waals surface area (Å²) in [6, 6.07) is 0.143. The highest BCUT2D eigenvalue weighted by molar-refractivity contribution is 7.14. The number of carbonyl (C=O) groups is 1. The Kier molecular flexibility index (Phi) is 4.21. The van der Waals surface area contributed by atoms with Gasteiger partial charge in [-0.25, -0.2) is 9.78 Å². The molecule has 0 saturated carbocycles. The van der Waals surface area contributed by atoms with Gasteiger partial charge in [0.25, 0.3) is 0 Å². The van der Waals surface area contributed by atoms with Gasteiger partial charge in [-0.15, -0.1) is 11.3 Å². The van der Waals surface area contributed by atoms with Crippen molar-refractivity contribution in [1.82, 2.24) is 15.2 Å². The number of piperidine rings is 1. The lowest BCUT2D eigenvalue weighted by Gasteiger charge is -2.37. The minimum atomic E-state index is 0.143. The van der Waals surface area contributed by atoms with Crippen molar-refractivity contribution in [2.75, 3.05) is 37.6 Å². The Morgan fingerprint density at radius 3 is 2.90 bits per heavy atom. The Labute approximate surface area is 124 Å². The van der Waals surface area contributed by atoms with Crippen molar-refractivity contribution >= 4 is 22.5 Å². The first-order chi connectivity index (χ1) is 9.74. The molecule has 5 nitrogen and oxygen atoms in total.